The van der Waals surface area contributed by atoms with Crippen LogP contribution in [0.25, 0.3) is 17.2 Å². The van der Waals surface area contributed by atoms with Crippen LogP contribution in [0.1, 0.15) is 12.2 Å². The number of fused-ring (bicyclic) bond motifs is 1. The van der Waals surface area contributed by atoms with Gasteiger partial charge in [-0.15, -0.1) is 0 Å². The van der Waals surface area contributed by atoms with Crippen molar-refractivity contribution in [1.29, 1.82) is 0 Å². The lowest BCUT2D eigenvalue weighted by Gasteiger charge is -1.89. The molecule has 1 saturated carbocycles. The Balaban J connectivity index is 2.06. The monoisotopic (exact) mass is 233 g/mol. The fraction of sp³-hybridized carbons (Fsp3) is 0.300. The van der Waals surface area contributed by atoms with Crippen LogP contribution in [-0.2, 0) is 0 Å². The largest absolute Gasteiger partial charge is 0.396 e. The van der Waals surface area contributed by atoms with Crippen LogP contribution in [0.15, 0.2) is 10.4 Å². The maximum Gasteiger partial charge on any atom is 0.278 e. The van der Waals surface area contributed by atoms with Gasteiger partial charge in [-0.05, 0) is 12.5 Å². The van der Waals surface area contributed by atoms with Crippen molar-refractivity contribution in [2.45, 2.75) is 6.42 Å². The number of aliphatic hydroxyl groups excluding tert-OH is 1. The van der Waals surface area contributed by atoms with Crippen LogP contribution < -0.4 is 11.3 Å². The van der Waals surface area contributed by atoms with Gasteiger partial charge in [-0.1, -0.05) is 5.57 Å². The number of anilines is 1. The second-order valence-electron chi connectivity index (χ2n) is 4.07. The highest BCUT2D eigenvalue weighted by molar-refractivity contribution is 5.73. The van der Waals surface area contributed by atoms with E-state index in [4.69, 9.17) is 10.8 Å². The van der Waals surface area contributed by atoms with Crippen LogP contribution in [0, 0.1) is 5.92 Å². The van der Waals surface area contributed by atoms with Crippen molar-refractivity contribution in [2.24, 2.45) is 5.92 Å². The van der Waals surface area contributed by atoms with Crippen LogP contribution in [0.5, 0.6) is 0 Å². The summed E-state index contributed by atoms with van der Waals surface area (Å²) in [6, 6.07) is 0. The molecule has 2 heterocycles. The molecule has 0 spiro atoms. The van der Waals surface area contributed by atoms with Gasteiger partial charge in [-0.25, -0.2) is 4.98 Å². The van der Waals surface area contributed by atoms with Crippen molar-refractivity contribution in [1.82, 2.24) is 19.9 Å². The van der Waals surface area contributed by atoms with Crippen molar-refractivity contribution in [2.75, 3.05) is 12.3 Å². The highest BCUT2D eigenvalue weighted by atomic mass is 16.3. The number of H-pyrrole nitrogens is 2. The predicted molar refractivity (Wildman–Crippen MR) is 62.1 cm³/mol. The van der Waals surface area contributed by atoms with Gasteiger partial charge in [0.15, 0.2) is 11.2 Å². The molecular formula is C10H11N5O2. The molecule has 1 aliphatic carbocycles. The van der Waals surface area contributed by atoms with E-state index in [1.165, 1.54) is 0 Å². The predicted octanol–water partition coefficient (Wildman–Crippen LogP) is -0.376. The minimum absolute atomic E-state index is 0.0489. The molecule has 7 heteroatoms. The fourth-order valence-electron chi connectivity index (χ4n) is 1.77. The van der Waals surface area contributed by atoms with Gasteiger partial charge in [0.05, 0.1) is 0 Å². The molecule has 0 amide bonds. The van der Waals surface area contributed by atoms with Gasteiger partial charge in [0.1, 0.15) is 5.82 Å². The lowest BCUT2D eigenvalue weighted by molar-refractivity contribution is 0.281. The third kappa shape index (κ3) is 1.70. The third-order valence-corrected chi connectivity index (χ3v) is 2.79. The van der Waals surface area contributed by atoms with Crippen LogP contribution >= 0.6 is 0 Å². The summed E-state index contributed by atoms with van der Waals surface area (Å²) < 4.78 is 0. The minimum Gasteiger partial charge on any atom is -0.396 e. The van der Waals surface area contributed by atoms with E-state index in [2.05, 4.69) is 19.9 Å². The first-order chi connectivity index (χ1) is 8.17. The molecular weight excluding hydrogens is 222 g/mol. The summed E-state index contributed by atoms with van der Waals surface area (Å²) in [4.78, 5) is 24.9. The second kappa shape index (κ2) is 3.42. The van der Waals surface area contributed by atoms with Crippen LogP contribution in [-0.4, -0.2) is 31.6 Å². The van der Waals surface area contributed by atoms with Gasteiger partial charge in [0, 0.05) is 12.5 Å². The molecule has 0 radical (unpaired) electrons. The maximum absolute atomic E-state index is 11.5. The van der Waals surface area contributed by atoms with Crippen LogP contribution in [0.2, 0.25) is 0 Å². The smallest absolute Gasteiger partial charge is 0.278 e. The fourth-order valence-corrected chi connectivity index (χ4v) is 1.77. The lowest BCUT2D eigenvalue weighted by Crippen LogP contribution is -2.10. The molecule has 2 aromatic rings. The number of nitrogen functional groups attached to an aromatic ring is 1. The summed E-state index contributed by atoms with van der Waals surface area (Å²) in [6.45, 7) is 0.151. The first-order valence-electron chi connectivity index (χ1n) is 5.24. The van der Waals surface area contributed by atoms with Crippen molar-refractivity contribution in [3.63, 3.8) is 0 Å². The van der Waals surface area contributed by atoms with Gasteiger partial charge < -0.3 is 15.8 Å². The van der Waals surface area contributed by atoms with E-state index < -0.39 is 0 Å². The van der Waals surface area contributed by atoms with Crippen LogP contribution in [0.4, 0.5) is 5.95 Å². The van der Waals surface area contributed by atoms with Crippen molar-refractivity contribution in [3.8, 4) is 0 Å². The number of imidazole rings is 1. The summed E-state index contributed by atoms with van der Waals surface area (Å²) in [5.74, 6) is 0.849. The lowest BCUT2D eigenvalue weighted by atomic mass is 10.4. The first-order valence-corrected chi connectivity index (χ1v) is 5.24. The Morgan fingerprint density at radius 3 is 3.00 bits per heavy atom. The molecule has 0 aromatic carbocycles. The summed E-state index contributed by atoms with van der Waals surface area (Å²) in [5.41, 5.74) is 6.83. The summed E-state index contributed by atoms with van der Waals surface area (Å²) >= 11 is 0. The number of aromatic amines is 2. The standard InChI is InChI=1S/C10H11N5O2/c11-10-14-8-7(9(17)15-10)12-6(13-8)2-4-1-5(4)3-16/h2,5,16H,1,3H2,(H4,11,12,13,14,15,17). The molecule has 7 nitrogen and oxygen atoms in total. The molecule has 0 aliphatic heterocycles. The average Bonchev–Trinajstić information content (AvgIpc) is 2.88. The molecule has 1 aliphatic rings. The van der Waals surface area contributed by atoms with Crippen LogP contribution in [0.3, 0.4) is 0 Å². The summed E-state index contributed by atoms with van der Waals surface area (Å²) in [7, 11) is 0. The number of hydrogen-bond acceptors (Lipinski definition) is 5. The molecule has 1 unspecified atom stereocenters. The minimum atomic E-state index is -0.334. The number of nitrogens with zero attached hydrogens (tertiary/aromatic N) is 2. The molecule has 3 rings (SSSR count). The van der Waals surface area contributed by atoms with Gasteiger partial charge in [-0.3, -0.25) is 9.78 Å². The second-order valence-corrected chi connectivity index (χ2v) is 4.07. The van der Waals surface area contributed by atoms with Gasteiger partial charge in [0.2, 0.25) is 5.95 Å². The Hall–Kier alpha value is -2.15. The number of rotatable bonds is 2. The summed E-state index contributed by atoms with van der Waals surface area (Å²) in [6.07, 6.45) is 2.71. The Bertz CT molecular complexity index is 669. The molecule has 0 bridgehead atoms. The number of nitrogens with two attached hydrogens (primary N) is 1. The molecule has 88 valence electrons. The average molecular weight is 233 g/mol. The highest BCUT2D eigenvalue weighted by Crippen LogP contribution is 2.38. The van der Waals surface area contributed by atoms with Gasteiger partial charge in [-0.2, -0.15) is 4.98 Å². The number of nitrogens with one attached hydrogen (secondary N) is 2. The van der Waals surface area contributed by atoms with Crippen molar-refractivity contribution >= 4 is 23.2 Å². The topological polar surface area (TPSA) is 121 Å². The van der Waals surface area contributed by atoms with E-state index in [0.717, 1.165) is 12.0 Å². The van der Waals surface area contributed by atoms with Gasteiger partial charge >= 0.3 is 0 Å². The molecule has 17 heavy (non-hydrogen) atoms. The molecule has 1 fully saturated rings. The molecule has 1 atom stereocenters. The molecule has 0 saturated heterocycles. The van der Waals surface area contributed by atoms with Gasteiger partial charge in [0.25, 0.3) is 5.56 Å². The first kappa shape index (κ1) is 10.0. The number of hydrogen-bond donors (Lipinski definition) is 4. The van der Waals surface area contributed by atoms with E-state index in [0.29, 0.717) is 17.0 Å². The quantitative estimate of drug-likeness (QED) is 0.563. The van der Waals surface area contributed by atoms with E-state index in [9.17, 15) is 4.79 Å². The molecule has 5 N–H and O–H groups in total. The van der Waals surface area contributed by atoms with Crippen molar-refractivity contribution in [3.05, 3.63) is 21.8 Å². The Labute approximate surface area is 95.4 Å². The Morgan fingerprint density at radius 2 is 2.29 bits per heavy atom. The zero-order chi connectivity index (χ0) is 12.0. The third-order valence-electron chi connectivity index (χ3n) is 2.79. The normalized spacial score (nSPS) is 21.2. The Morgan fingerprint density at radius 1 is 1.47 bits per heavy atom. The Kier molecular flexibility index (Phi) is 2.02. The number of aliphatic hydroxyl groups is 1. The SMILES string of the molecule is Nc1nc2nc(C=C3CC3CO)[nH]c2c(=O)[nH]1. The summed E-state index contributed by atoms with van der Waals surface area (Å²) in [5, 5.41) is 8.92. The zero-order valence-electron chi connectivity index (χ0n) is 8.90. The highest BCUT2D eigenvalue weighted by Gasteiger charge is 2.28. The van der Waals surface area contributed by atoms with E-state index in [-0.39, 0.29) is 24.0 Å². The number of aromatic nitrogens is 4. The van der Waals surface area contributed by atoms with Crippen molar-refractivity contribution < 1.29 is 5.11 Å². The maximum atomic E-state index is 11.5. The van der Waals surface area contributed by atoms with E-state index >= 15 is 0 Å². The molecule has 2 aromatic heterocycles. The van der Waals surface area contributed by atoms with E-state index in [1.54, 1.807) is 0 Å². The van der Waals surface area contributed by atoms with E-state index in [1.807, 2.05) is 6.08 Å². The zero-order valence-corrected chi connectivity index (χ0v) is 8.90.